The van der Waals surface area contributed by atoms with Gasteiger partial charge in [0.15, 0.2) is 0 Å². The third-order valence-corrected chi connectivity index (χ3v) is 11.2. The van der Waals surface area contributed by atoms with Gasteiger partial charge in [-0.3, -0.25) is 14.7 Å². The summed E-state index contributed by atoms with van der Waals surface area (Å²) in [7, 11) is 0. The molecule has 0 aromatic heterocycles. The normalized spacial score (nSPS) is 42.2. The summed E-state index contributed by atoms with van der Waals surface area (Å²) in [5.74, 6) is 3.64. The Morgan fingerprint density at radius 2 is 1.42 bits per heavy atom. The summed E-state index contributed by atoms with van der Waals surface area (Å²) in [5.41, 5.74) is 0.765. The zero-order valence-electron chi connectivity index (χ0n) is 21.7. The first-order valence-corrected chi connectivity index (χ1v) is 13.9. The third kappa shape index (κ3) is 3.98. The Morgan fingerprint density at radius 3 is 1.97 bits per heavy atom. The molecule has 0 aromatic rings. The van der Waals surface area contributed by atoms with E-state index in [1.54, 1.807) is 0 Å². The smallest absolute Gasteiger partial charge is 0.0718 e. The minimum atomic E-state index is 0.230. The van der Waals surface area contributed by atoms with Crippen LogP contribution in [0.25, 0.3) is 0 Å². The standard InChI is InChI=1S/C28H46N4O/c1-26(2,30-13-19-10-20(19)14-30)6-8-28(5,31-16-24-23(12-29)25(24)17-31)9-7-27(3,4)32-15-22-11-21(32)18-33-22/h19-25H,6-11,13-18H2,1-5H3. The molecule has 5 heteroatoms. The Balaban J connectivity index is 1.12. The van der Waals surface area contributed by atoms with E-state index >= 15 is 0 Å². The first-order valence-electron chi connectivity index (χ1n) is 13.9. The second-order valence-electron chi connectivity index (χ2n) is 14.2. The Labute approximate surface area is 201 Å². The number of hydrogen-bond acceptors (Lipinski definition) is 5. The lowest BCUT2D eigenvalue weighted by molar-refractivity contribution is -0.0245. The number of hydrogen-bond donors (Lipinski definition) is 0. The highest BCUT2D eigenvalue weighted by Crippen LogP contribution is 2.54. The van der Waals surface area contributed by atoms with Gasteiger partial charge in [0, 0.05) is 55.4 Å². The molecule has 4 saturated heterocycles. The highest BCUT2D eigenvalue weighted by atomic mass is 16.5. The van der Waals surface area contributed by atoms with E-state index in [0.29, 0.717) is 35.4 Å². The van der Waals surface area contributed by atoms with Gasteiger partial charge in [-0.25, -0.2) is 0 Å². The molecule has 4 heterocycles. The fraction of sp³-hybridized carbons (Fsp3) is 0.964. The molecule has 6 fully saturated rings. The van der Waals surface area contributed by atoms with E-state index in [1.165, 1.54) is 51.6 Å². The summed E-state index contributed by atoms with van der Waals surface area (Å²) in [5, 5.41) is 9.45. The highest BCUT2D eigenvalue weighted by Gasteiger charge is 2.59. The minimum Gasteiger partial charge on any atom is -0.375 e. The van der Waals surface area contributed by atoms with Crippen molar-refractivity contribution in [2.24, 2.45) is 29.6 Å². The molecular formula is C28H46N4O. The molecule has 0 radical (unpaired) electrons. The first-order chi connectivity index (χ1) is 15.6. The van der Waals surface area contributed by atoms with Crippen molar-refractivity contribution in [2.45, 2.75) is 102 Å². The lowest BCUT2D eigenvalue weighted by Gasteiger charge is -2.47. The number of fused-ring (bicyclic) bond motifs is 4. The minimum absolute atomic E-state index is 0.230. The van der Waals surface area contributed by atoms with Crippen LogP contribution in [0.4, 0.5) is 0 Å². The van der Waals surface area contributed by atoms with Gasteiger partial charge < -0.3 is 4.74 Å². The average Bonchev–Trinajstić information content (AvgIpc) is 3.30. The Kier molecular flexibility index (Phi) is 5.29. The summed E-state index contributed by atoms with van der Waals surface area (Å²) < 4.78 is 5.90. The third-order valence-electron chi connectivity index (χ3n) is 11.2. The second-order valence-corrected chi connectivity index (χ2v) is 14.2. The maximum Gasteiger partial charge on any atom is 0.0718 e. The summed E-state index contributed by atoms with van der Waals surface area (Å²) in [4.78, 5) is 8.36. The van der Waals surface area contributed by atoms with E-state index in [4.69, 9.17) is 4.74 Å². The molecule has 2 aliphatic carbocycles. The van der Waals surface area contributed by atoms with Crippen LogP contribution in [0.15, 0.2) is 0 Å². The number of rotatable bonds is 9. The van der Waals surface area contributed by atoms with Crippen molar-refractivity contribution in [3.8, 4) is 6.07 Å². The lowest BCUT2D eigenvalue weighted by Crippen LogP contribution is -2.54. The van der Waals surface area contributed by atoms with Crippen molar-refractivity contribution >= 4 is 0 Å². The molecule has 7 atom stereocenters. The highest BCUT2D eigenvalue weighted by molar-refractivity contribution is 5.16. The molecule has 7 unspecified atom stereocenters. The fourth-order valence-electron chi connectivity index (χ4n) is 8.09. The van der Waals surface area contributed by atoms with Gasteiger partial charge >= 0.3 is 0 Å². The zero-order chi connectivity index (χ0) is 23.2. The number of nitriles is 1. The number of nitrogens with zero attached hydrogens (tertiary/aromatic N) is 4. The maximum absolute atomic E-state index is 9.45. The summed E-state index contributed by atoms with van der Waals surface area (Å²) in [6.45, 7) is 19.5. The van der Waals surface area contributed by atoms with Crippen molar-refractivity contribution in [3.05, 3.63) is 0 Å². The lowest BCUT2D eigenvalue weighted by atomic mass is 9.79. The first kappa shape index (κ1) is 22.8. The van der Waals surface area contributed by atoms with Gasteiger partial charge in [-0.1, -0.05) is 0 Å². The van der Waals surface area contributed by atoms with E-state index in [9.17, 15) is 5.26 Å². The molecule has 0 amide bonds. The Morgan fingerprint density at radius 1 is 0.788 bits per heavy atom. The van der Waals surface area contributed by atoms with Crippen LogP contribution in [0, 0.1) is 40.9 Å². The summed E-state index contributed by atoms with van der Waals surface area (Å²) in [6, 6.07) is 3.20. The monoisotopic (exact) mass is 454 g/mol. The largest absolute Gasteiger partial charge is 0.375 e. The zero-order valence-corrected chi connectivity index (χ0v) is 21.7. The van der Waals surface area contributed by atoms with E-state index in [2.05, 4.69) is 55.4 Å². The van der Waals surface area contributed by atoms with E-state index in [-0.39, 0.29) is 11.1 Å². The summed E-state index contributed by atoms with van der Waals surface area (Å²) in [6.07, 6.45) is 8.24. The van der Waals surface area contributed by atoms with Crippen LogP contribution in [0.2, 0.25) is 0 Å². The van der Waals surface area contributed by atoms with Crippen LogP contribution in [0.3, 0.4) is 0 Å². The second kappa shape index (κ2) is 7.66. The van der Waals surface area contributed by atoms with E-state index in [1.807, 2.05) is 0 Å². The quantitative estimate of drug-likeness (QED) is 0.527. The predicted molar refractivity (Wildman–Crippen MR) is 131 cm³/mol. The van der Waals surface area contributed by atoms with Gasteiger partial charge in [0.05, 0.1) is 24.7 Å². The molecule has 2 bridgehead atoms. The molecule has 6 rings (SSSR count). The van der Waals surface area contributed by atoms with Gasteiger partial charge in [0.2, 0.25) is 0 Å². The topological polar surface area (TPSA) is 42.7 Å². The Bertz CT molecular complexity index is 797. The maximum atomic E-state index is 9.45. The molecule has 5 nitrogen and oxygen atoms in total. The van der Waals surface area contributed by atoms with Crippen LogP contribution < -0.4 is 0 Å². The number of ether oxygens (including phenoxy) is 1. The van der Waals surface area contributed by atoms with Crippen molar-refractivity contribution in [1.29, 1.82) is 5.26 Å². The molecule has 4 aliphatic heterocycles. The van der Waals surface area contributed by atoms with Gasteiger partial charge in [-0.2, -0.15) is 5.26 Å². The molecule has 6 aliphatic rings. The van der Waals surface area contributed by atoms with Crippen molar-refractivity contribution in [3.63, 3.8) is 0 Å². The Hall–Kier alpha value is -0.670. The summed E-state index contributed by atoms with van der Waals surface area (Å²) >= 11 is 0. The SMILES string of the molecule is CC(C)(CCC(C)(CCC(C)(C)N1CC2CC1CO2)N1CC2C(C#N)C2C1)N1CC2CC2C1. The van der Waals surface area contributed by atoms with Crippen molar-refractivity contribution < 1.29 is 4.74 Å². The molecule has 0 aromatic carbocycles. The van der Waals surface area contributed by atoms with Crippen LogP contribution in [-0.4, -0.2) is 82.8 Å². The predicted octanol–water partition coefficient (Wildman–Crippen LogP) is 3.99. The molecular weight excluding hydrogens is 408 g/mol. The van der Waals surface area contributed by atoms with Crippen molar-refractivity contribution in [2.75, 3.05) is 39.3 Å². The molecule has 184 valence electrons. The van der Waals surface area contributed by atoms with Gasteiger partial charge in [0.1, 0.15) is 0 Å². The van der Waals surface area contributed by atoms with Gasteiger partial charge in [-0.15, -0.1) is 0 Å². The molecule has 0 spiro atoms. The van der Waals surface area contributed by atoms with Crippen LogP contribution in [0.5, 0.6) is 0 Å². The van der Waals surface area contributed by atoms with Gasteiger partial charge in [0.25, 0.3) is 0 Å². The van der Waals surface area contributed by atoms with E-state index < -0.39 is 0 Å². The average molecular weight is 455 g/mol. The molecule has 33 heavy (non-hydrogen) atoms. The van der Waals surface area contributed by atoms with E-state index in [0.717, 1.165) is 38.1 Å². The van der Waals surface area contributed by atoms with Crippen LogP contribution >= 0.6 is 0 Å². The number of piperidine rings is 2. The molecule has 2 saturated carbocycles. The number of likely N-dealkylation sites (tertiary alicyclic amines) is 3. The van der Waals surface area contributed by atoms with Crippen LogP contribution in [-0.2, 0) is 4.74 Å². The number of morpholine rings is 1. The fourth-order valence-corrected chi connectivity index (χ4v) is 8.09. The molecule has 0 N–H and O–H groups in total. The van der Waals surface area contributed by atoms with Crippen LogP contribution in [0.1, 0.15) is 73.1 Å². The van der Waals surface area contributed by atoms with Gasteiger partial charge in [-0.05, 0) is 96.8 Å². The van der Waals surface area contributed by atoms with Crippen molar-refractivity contribution in [1.82, 2.24) is 14.7 Å².